The molecule has 1 unspecified atom stereocenters. The van der Waals surface area contributed by atoms with Crippen LogP contribution in [-0.2, 0) is 0 Å². The maximum atomic E-state index is 5.98. The second kappa shape index (κ2) is 30.1. The van der Waals surface area contributed by atoms with Crippen LogP contribution in [0.5, 0.6) is 0 Å². The van der Waals surface area contributed by atoms with Gasteiger partial charge in [0.05, 0.1) is 0 Å². The molecule has 0 bridgehead atoms. The summed E-state index contributed by atoms with van der Waals surface area (Å²) in [6.07, 6.45) is 30.3. The second-order valence-electron chi connectivity index (χ2n) is 9.14. The number of hydrogen-bond acceptors (Lipinski definition) is 2. The average molecular weight is 413 g/mol. The normalized spacial score (nSPS) is 11.9. The lowest BCUT2D eigenvalue weighted by molar-refractivity contribution is 0.503. The van der Waals surface area contributed by atoms with Crippen molar-refractivity contribution in [2.24, 2.45) is 11.5 Å². The van der Waals surface area contributed by atoms with E-state index >= 15 is 0 Å². The zero-order valence-electron chi connectivity index (χ0n) is 21.0. The van der Waals surface area contributed by atoms with Crippen LogP contribution in [0.3, 0.4) is 0 Å². The van der Waals surface area contributed by atoms with Crippen LogP contribution in [0.25, 0.3) is 0 Å². The third-order valence-corrected chi connectivity index (χ3v) is 5.90. The lowest BCUT2D eigenvalue weighted by Gasteiger charge is -2.09. The third-order valence-electron chi connectivity index (χ3n) is 5.90. The van der Waals surface area contributed by atoms with E-state index in [1.807, 2.05) is 0 Å². The maximum absolute atomic E-state index is 5.98. The van der Waals surface area contributed by atoms with Crippen LogP contribution in [0.1, 0.15) is 162 Å². The molecule has 0 radical (unpaired) electrons. The Morgan fingerprint density at radius 2 is 0.759 bits per heavy atom. The van der Waals surface area contributed by atoms with E-state index in [-0.39, 0.29) is 0 Å². The van der Waals surface area contributed by atoms with Crippen LogP contribution in [0, 0.1) is 0 Å². The van der Waals surface area contributed by atoms with Gasteiger partial charge in [-0.05, 0) is 25.8 Å². The lowest BCUT2D eigenvalue weighted by atomic mass is 10.0. The third kappa shape index (κ3) is 32.8. The van der Waals surface area contributed by atoms with Gasteiger partial charge in [0.25, 0.3) is 0 Å². The predicted molar refractivity (Wildman–Crippen MR) is 136 cm³/mol. The fourth-order valence-electron chi connectivity index (χ4n) is 3.86. The van der Waals surface area contributed by atoms with Gasteiger partial charge in [-0.2, -0.15) is 0 Å². The minimum Gasteiger partial charge on any atom is -0.330 e. The Hall–Kier alpha value is -0.0800. The van der Waals surface area contributed by atoms with Crippen molar-refractivity contribution in [3.63, 3.8) is 0 Å². The maximum Gasteiger partial charge on any atom is 0.00387 e. The standard InChI is InChI=1S/C15H33N.C12H27N/c1-3-5-6-7-8-9-10-11-12-14-15(16)13-4-2;1-2-3-4-5-6-7-8-9-10-11-12-13/h15H,3-14,16H2,1-2H3;2-13H2,1H3. The highest BCUT2D eigenvalue weighted by molar-refractivity contribution is 4.60. The molecule has 4 N–H and O–H groups in total. The summed E-state index contributed by atoms with van der Waals surface area (Å²) in [5.74, 6) is 0. The van der Waals surface area contributed by atoms with E-state index in [0.717, 1.165) is 6.54 Å². The number of unbranched alkanes of at least 4 members (excludes halogenated alkanes) is 17. The van der Waals surface area contributed by atoms with E-state index in [0.29, 0.717) is 6.04 Å². The van der Waals surface area contributed by atoms with E-state index in [2.05, 4.69) is 20.8 Å². The first-order chi connectivity index (χ1) is 14.2. The summed E-state index contributed by atoms with van der Waals surface area (Å²) in [7, 11) is 0. The van der Waals surface area contributed by atoms with Crippen LogP contribution in [0.2, 0.25) is 0 Å². The zero-order chi connectivity index (χ0) is 21.8. The van der Waals surface area contributed by atoms with Crippen LogP contribution in [0.4, 0.5) is 0 Å². The highest BCUT2D eigenvalue weighted by atomic mass is 14.6. The molecule has 0 aliphatic heterocycles. The average Bonchev–Trinajstić information content (AvgIpc) is 2.72. The summed E-state index contributed by atoms with van der Waals surface area (Å²) < 4.78 is 0. The van der Waals surface area contributed by atoms with Gasteiger partial charge in [0.1, 0.15) is 0 Å². The summed E-state index contributed by atoms with van der Waals surface area (Å²) in [6, 6.07) is 0.467. The van der Waals surface area contributed by atoms with Gasteiger partial charge in [0.2, 0.25) is 0 Å². The van der Waals surface area contributed by atoms with Crippen LogP contribution >= 0.6 is 0 Å². The fourth-order valence-corrected chi connectivity index (χ4v) is 3.86. The highest BCUT2D eigenvalue weighted by Gasteiger charge is 2.00. The van der Waals surface area contributed by atoms with Crippen LogP contribution in [0.15, 0.2) is 0 Å². The molecule has 0 amide bonds. The van der Waals surface area contributed by atoms with Crippen molar-refractivity contribution in [3.05, 3.63) is 0 Å². The molecule has 178 valence electrons. The quantitative estimate of drug-likeness (QED) is 0.174. The largest absolute Gasteiger partial charge is 0.330 e. The van der Waals surface area contributed by atoms with Crippen molar-refractivity contribution in [3.8, 4) is 0 Å². The van der Waals surface area contributed by atoms with E-state index in [1.54, 1.807) is 0 Å². The number of hydrogen-bond donors (Lipinski definition) is 2. The fraction of sp³-hybridized carbons (Fsp3) is 1.00. The molecule has 2 nitrogen and oxygen atoms in total. The summed E-state index contributed by atoms with van der Waals surface area (Å²) >= 11 is 0. The van der Waals surface area contributed by atoms with Gasteiger partial charge in [-0.3, -0.25) is 0 Å². The molecule has 0 aliphatic rings. The van der Waals surface area contributed by atoms with E-state index in [1.165, 1.54) is 141 Å². The molecule has 29 heavy (non-hydrogen) atoms. The molecule has 0 aromatic carbocycles. The first kappa shape index (κ1) is 31.1. The molecule has 0 spiro atoms. The van der Waals surface area contributed by atoms with E-state index in [9.17, 15) is 0 Å². The molecule has 0 rings (SSSR count). The van der Waals surface area contributed by atoms with Crippen molar-refractivity contribution >= 4 is 0 Å². The second-order valence-corrected chi connectivity index (χ2v) is 9.14. The molecule has 0 saturated carbocycles. The number of rotatable bonds is 22. The monoisotopic (exact) mass is 412 g/mol. The summed E-state index contributed by atoms with van der Waals surface area (Å²) in [6.45, 7) is 7.64. The Morgan fingerprint density at radius 1 is 0.414 bits per heavy atom. The number of nitrogens with two attached hydrogens (primary N) is 2. The molecule has 0 aliphatic carbocycles. The Morgan fingerprint density at radius 3 is 1.10 bits per heavy atom. The van der Waals surface area contributed by atoms with Crippen LogP contribution in [-0.4, -0.2) is 12.6 Å². The van der Waals surface area contributed by atoms with E-state index in [4.69, 9.17) is 11.5 Å². The summed E-state index contributed by atoms with van der Waals surface area (Å²) in [5, 5.41) is 0. The molecule has 0 fully saturated rings. The van der Waals surface area contributed by atoms with E-state index < -0.39 is 0 Å². The van der Waals surface area contributed by atoms with Crippen molar-refractivity contribution in [2.75, 3.05) is 6.54 Å². The summed E-state index contributed by atoms with van der Waals surface area (Å²) in [5.41, 5.74) is 11.4. The molecular weight excluding hydrogens is 352 g/mol. The van der Waals surface area contributed by atoms with Gasteiger partial charge in [-0.15, -0.1) is 0 Å². The zero-order valence-corrected chi connectivity index (χ0v) is 21.0. The minimum atomic E-state index is 0.467. The Balaban J connectivity index is 0. The van der Waals surface area contributed by atoms with Crippen molar-refractivity contribution in [1.29, 1.82) is 0 Å². The molecule has 0 saturated heterocycles. The minimum absolute atomic E-state index is 0.467. The first-order valence-electron chi connectivity index (χ1n) is 13.7. The van der Waals surface area contributed by atoms with Crippen molar-refractivity contribution in [1.82, 2.24) is 0 Å². The van der Waals surface area contributed by atoms with Gasteiger partial charge >= 0.3 is 0 Å². The van der Waals surface area contributed by atoms with Gasteiger partial charge in [0, 0.05) is 6.04 Å². The smallest absolute Gasteiger partial charge is 0.00387 e. The Kier molecular flexibility index (Phi) is 32.3. The van der Waals surface area contributed by atoms with Crippen molar-refractivity contribution in [2.45, 2.75) is 168 Å². The highest BCUT2D eigenvalue weighted by Crippen LogP contribution is 2.12. The lowest BCUT2D eigenvalue weighted by Crippen LogP contribution is -2.18. The topological polar surface area (TPSA) is 52.0 Å². The molecule has 0 aromatic rings. The van der Waals surface area contributed by atoms with Gasteiger partial charge < -0.3 is 11.5 Å². The van der Waals surface area contributed by atoms with Gasteiger partial charge in [-0.1, -0.05) is 143 Å². The molecular formula is C27H60N2. The van der Waals surface area contributed by atoms with Gasteiger partial charge in [0.15, 0.2) is 0 Å². The Labute approximate surface area is 186 Å². The summed E-state index contributed by atoms with van der Waals surface area (Å²) in [4.78, 5) is 0. The predicted octanol–water partition coefficient (Wildman–Crippen LogP) is 8.90. The van der Waals surface area contributed by atoms with Crippen LogP contribution < -0.4 is 11.5 Å². The van der Waals surface area contributed by atoms with Gasteiger partial charge in [-0.25, -0.2) is 0 Å². The molecule has 0 heterocycles. The molecule has 2 heteroatoms. The molecule has 1 atom stereocenters. The Bertz CT molecular complexity index is 245. The SMILES string of the molecule is CCCCCCCCCCCC(N)CCC.CCCCCCCCCCCCN. The van der Waals surface area contributed by atoms with Crippen molar-refractivity contribution < 1.29 is 0 Å². The first-order valence-corrected chi connectivity index (χ1v) is 13.7. The molecule has 0 aromatic heterocycles.